The third kappa shape index (κ3) is 2.39. The van der Waals surface area contributed by atoms with Crippen molar-refractivity contribution in [2.45, 2.75) is 32.2 Å². The van der Waals surface area contributed by atoms with Crippen molar-refractivity contribution < 1.29 is 18.3 Å². The average Bonchev–Trinajstić information content (AvgIpc) is 3.27. The SMILES string of the molecule is COc1ccc(CN2CC[C@@](C(F)F)(C3CC3)C2=O)cc1. The van der Waals surface area contributed by atoms with E-state index < -0.39 is 11.8 Å². The van der Waals surface area contributed by atoms with E-state index >= 15 is 0 Å². The van der Waals surface area contributed by atoms with Crippen molar-refractivity contribution in [3.63, 3.8) is 0 Å². The van der Waals surface area contributed by atoms with Crippen LogP contribution in [0.25, 0.3) is 0 Å². The molecule has 1 saturated carbocycles. The minimum Gasteiger partial charge on any atom is -0.497 e. The molecule has 0 aromatic heterocycles. The lowest BCUT2D eigenvalue weighted by molar-refractivity contribution is -0.146. The fraction of sp³-hybridized carbons (Fsp3) is 0.562. The molecule has 1 aromatic carbocycles. The van der Waals surface area contributed by atoms with Crippen LogP contribution in [0.5, 0.6) is 5.75 Å². The Morgan fingerprint density at radius 2 is 2.00 bits per heavy atom. The van der Waals surface area contributed by atoms with E-state index in [1.54, 1.807) is 12.0 Å². The van der Waals surface area contributed by atoms with Gasteiger partial charge in [-0.3, -0.25) is 4.79 Å². The molecule has 3 nitrogen and oxygen atoms in total. The fourth-order valence-electron chi connectivity index (χ4n) is 3.28. The van der Waals surface area contributed by atoms with Crippen molar-refractivity contribution in [3.05, 3.63) is 29.8 Å². The van der Waals surface area contributed by atoms with Crippen molar-refractivity contribution in [2.75, 3.05) is 13.7 Å². The van der Waals surface area contributed by atoms with Gasteiger partial charge in [-0.15, -0.1) is 0 Å². The standard InChI is InChI=1S/C16H19F2NO2/c1-21-13-6-2-11(3-7-13)10-19-9-8-16(14(17)18,15(19)20)12-4-5-12/h2-3,6-7,12,14H,4-5,8-10H2,1H3/t16-/m0/s1. The van der Waals surface area contributed by atoms with Crippen molar-refractivity contribution in [1.29, 1.82) is 0 Å². The van der Waals surface area contributed by atoms with E-state index in [-0.39, 0.29) is 18.2 Å². The quantitative estimate of drug-likeness (QED) is 0.835. The van der Waals surface area contributed by atoms with Crippen LogP contribution in [0, 0.1) is 11.3 Å². The first-order valence-corrected chi connectivity index (χ1v) is 7.28. The van der Waals surface area contributed by atoms with Gasteiger partial charge in [-0.1, -0.05) is 12.1 Å². The van der Waals surface area contributed by atoms with Crippen LogP contribution in [0.4, 0.5) is 8.78 Å². The number of nitrogens with zero attached hydrogens (tertiary/aromatic N) is 1. The fourth-order valence-corrected chi connectivity index (χ4v) is 3.28. The summed E-state index contributed by atoms with van der Waals surface area (Å²) in [5.41, 5.74) is -0.475. The molecule has 1 saturated heterocycles. The lowest BCUT2D eigenvalue weighted by atomic mass is 9.81. The molecule has 1 aromatic rings. The van der Waals surface area contributed by atoms with E-state index in [2.05, 4.69) is 0 Å². The Morgan fingerprint density at radius 1 is 1.33 bits per heavy atom. The minimum absolute atomic E-state index is 0.120. The molecule has 1 atom stereocenters. The molecule has 5 heteroatoms. The zero-order valence-corrected chi connectivity index (χ0v) is 12.0. The number of hydrogen-bond donors (Lipinski definition) is 0. The lowest BCUT2D eigenvalue weighted by Gasteiger charge is -2.27. The number of halogens is 2. The van der Waals surface area contributed by atoms with Crippen molar-refractivity contribution >= 4 is 5.91 Å². The van der Waals surface area contributed by atoms with Crippen LogP contribution in [0.2, 0.25) is 0 Å². The molecule has 21 heavy (non-hydrogen) atoms. The molecule has 0 bridgehead atoms. The average molecular weight is 295 g/mol. The molecule has 0 N–H and O–H groups in total. The van der Waals surface area contributed by atoms with Crippen molar-refractivity contribution in [1.82, 2.24) is 4.90 Å². The number of amides is 1. The lowest BCUT2D eigenvalue weighted by Crippen LogP contribution is -2.41. The van der Waals surface area contributed by atoms with E-state index in [0.717, 1.165) is 24.2 Å². The predicted octanol–water partition coefficient (Wildman–Crippen LogP) is 3.09. The highest BCUT2D eigenvalue weighted by Gasteiger charge is 2.61. The molecule has 1 amide bonds. The predicted molar refractivity (Wildman–Crippen MR) is 74.2 cm³/mol. The van der Waals surface area contributed by atoms with Gasteiger partial charge >= 0.3 is 0 Å². The summed E-state index contributed by atoms with van der Waals surface area (Å²) in [5, 5.41) is 0. The summed E-state index contributed by atoms with van der Waals surface area (Å²) in [6.07, 6.45) is -0.762. The highest BCUT2D eigenvalue weighted by Crippen LogP contribution is 2.55. The van der Waals surface area contributed by atoms with Crippen LogP contribution >= 0.6 is 0 Å². The Bertz CT molecular complexity index is 524. The van der Waals surface area contributed by atoms with E-state index in [1.165, 1.54) is 0 Å². The second-order valence-electron chi connectivity index (χ2n) is 5.94. The second kappa shape index (κ2) is 5.28. The van der Waals surface area contributed by atoms with Crippen LogP contribution in [-0.4, -0.2) is 30.9 Å². The number of ether oxygens (including phenoxy) is 1. The molecular formula is C16H19F2NO2. The van der Waals surface area contributed by atoms with Crippen LogP contribution < -0.4 is 4.74 Å². The smallest absolute Gasteiger partial charge is 0.253 e. The molecule has 0 radical (unpaired) electrons. The van der Waals surface area contributed by atoms with Gasteiger partial charge in [0, 0.05) is 13.1 Å². The first kappa shape index (κ1) is 14.3. The van der Waals surface area contributed by atoms with Gasteiger partial charge in [0.25, 0.3) is 6.43 Å². The first-order valence-electron chi connectivity index (χ1n) is 7.28. The molecule has 2 fully saturated rings. The molecule has 114 valence electrons. The van der Waals surface area contributed by atoms with Crippen LogP contribution in [-0.2, 0) is 11.3 Å². The third-order valence-corrected chi connectivity index (χ3v) is 4.71. The summed E-state index contributed by atoms with van der Waals surface area (Å²) < 4.78 is 32.1. The number of carbonyl (C=O) groups is 1. The summed E-state index contributed by atoms with van der Waals surface area (Å²) in [7, 11) is 1.59. The Kier molecular flexibility index (Phi) is 3.59. The summed E-state index contributed by atoms with van der Waals surface area (Å²) in [5.74, 6) is 0.257. The van der Waals surface area contributed by atoms with E-state index in [0.29, 0.717) is 13.1 Å². The number of benzene rings is 1. The summed E-state index contributed by atoms with van der Waals surface area (Å²) in [4.78, 5) is 14.1. The van der Waals surface area contributed by atoms with E-state index in [1.807, 2.05) is 24.3 Å². The molecule has 1 aliphatic carbocycles. The third-order valence-electron chi connectivity index (χ3n) is 4.71. The number of alkyl halides is 2. The number of methoxy groups -OCH3 is 1. The second-order valence-corrected chi connectivity index (χ2v) is 5.94. The van der Waals surface area contributed by atoms with Crippen LogP contribution in [0.1, 0.15) is 24.8 Å². The maximum Gasteiger partial charge on any atom is 0.253 e. The largest absolute Gasteiger partial charge is 0.497 e. The number of rotatable bonds is 5. The molecule has 1 heterocycles. The summed E-state index contributed by atoms with van der Waals surface area (Å²) >= 11 is 0. The zero-order valence-electron chi connectivity index (χ0n) is 12.0. The Balaban J connectivity index is 1.73. The maximum absolute atomic E-state index is 13.5. The van der Waals surface area contributed by atoms with Gasteiger partial charge in [0.1, 0.15) is 11.2 Å². The van der Waals surface area contributed by atoms with Gasteiger partial charge in [-0.25, -0.2) is 8.78 Å². The van der Waals surface area contributed by atoms with Gasteiger partial charge in [0.15, 0.2) is 0 Å². The molecule has 0 spiro atoms. The number of carbonyl (C=O) groups excluding carboxylic acids is 1. The molecule has 1 aliphatic heterocycles. The van der Waals surface area contributed by atoms with Gasteiger partial charge < -0.3 is 9.64 Å². The monoisotopic (exact) mass is 295 g/mol. The van der Waals surface area contributed by atoms with Crippen LogP contribution in [0.15, 0.2) is 24.3 Å². The first-order chi connectivity index (χ1) is 10.1. The summed E-state index contributed by atoms with van der Waals surface area (Å²) in [6, 6.07) is 7.37. The minimum atomic E-state index is -2.56. The van der Waals surface area contributed by atoms with Crippen LogP contribution in [0.3, 0.4) is 0 Å². The maximum atomic E-state index is 13.5. The molecule has 0 unspecified atom stereocenters. The topological polar surface area (TPSA) is 29.5 Å². The van der Waals surface area contributed by atoms with E-state index in [9.17, 15) is 13.6 Å². The van der Waals surface area contributed by atoms with Crippen molar-refractivity contribution in [3.8, 4) is 5.75 Å². The van der Waals surface area contributed by atoms with Gasteiger partial charge in [-0.05, 0) is 42.9 Å². The van der Waals surface area contributed by atoms with Gasteiger partial charge in [0.05, 0.1) is 7.11 Å². The Morgan fingerprint density at radius 3 is 2.52 bits per heavy atom. The molecular weight excluding hydrogens is 276 g/mol. The summed E-state index contributed by atoms with van der Waals surface area (Å²) in [6.45, 7) is 0.815. The normalized spacial score (nSPS) is 25.7. The zero-order chi connectivity index (χ0) is 15.0. The molecule has 3 rings (SSSR count). The molecule has 2 aliphatic rings. The highest BCUT2D eigenvalue weighted by atomic mass is 19.3. The Hall–Kier alpha value is -1.65. The van der Waals surface area contributed by atoms with E-state index in [4.69, 9.17) is 4.74 Å². The highest BCUT2D eigenvalue weighted by molar-refractivity contribution is 5.86. The van der Waals surface area contributed by atoms with Gasteiger partial charge in [0.2, 0.25) is 5.91 Å². The van der Waals surface area contributed by atoms with Crippen molar-refractivity contribution in [2.24, 2.45) is 11.3 Å². The van der Waals surface area contributed by atoms with Gasteiger partial charge in [-0.2, -0.15) is 0 Å². The number of hydrogen-bond acceptors (Lipinski definition) is 2. The Labute approximate surface area is 122 Å². The number of likely N-dealkylation sites (tertiary alicyclic amines) is 1.